The van der Waals surface area contributed by atoms with E-state index in [0.29, 0.717) is 45.9 Å². The Morgan fingerprint density at radius 2 is 2.04 bits per heavy atom. The molecule has 0 saturated heterocycles. The molecule has 0 bridgehead atoms. The monoisotopic (exact) mass is 470 g/mol. The minimum Gasteiger partial charge on any atom is -0.491 e. The summed E-state index contributed by atoms with van der Waals surface area (Å²) >= 11 is 24.2. The van der Waals surface area contributed by atoms with Crippen LogP contribution in [0, 0.1) is 12.8 Å². The summed E-state index contributed by atoms with van der Waals surface area (Å²) in [5, 5.41) is 5.35. The van der Waals surface area contributed by atoms with E-state index in [4.69, 9.17) is 55.9 Å². The number of fused-ring (bicyclic) bond motifs is 5. The lowest BCUT2D eigenvalue weighted by Gasteiger charge is -2.46. The summed E-state index contributed by atoms with van der Waals surface area (Å²) in [5.74, 6) is 0.865. The van der Waals surface area contributed by atoms with Crippen LogP contribution in [0.2, 0.25) is 10.0 Å². The number of alkyl halides is 3. The average molecular weight is 472 g/mol. The number of aromatic nitrogens is 2. The lowest BCUT2D eigenvalue weighted by Crippen LogP contribution is -2.49. The lowest BCUT2D eigenvalue weighted by atomic mass is 9.70. The average Bonchev–Trinajstić information content (AvgIpc) is 2.79. The Hall–Kier alpha value is -0.530. The van der Waals surface area contributed by atoms with Gasteiger partial charge in [-0.3, -0.25) is 0 Å². The first-order valence-electron chi connectivity index (χ1n) is 8.14. The van der Waals surface area contributed by atoms with Crippen LogP contribution in [-0.4, -0.2) is 25.3 Å². The van der Waals surface area contributed by atoms with Crippen LogP contribution in [0.3, 0.4) is 0 Å². The van der Waals surface area contributed by atoms with E-state index in [1.807, 2.05) is 26.8 Å². The Bertz CT molecular complexity index is 929. The van der Waals surface area contributed by atoms with Crippen LogP contribution in [0.4, 0.5) is 4.39 Å². The number of hydrogen-bond donors (Lipinski definition) is 0. The Morgan fingerprint density at radius 1 is 1.33 bits per heavy atom. The van der Waals surface area contributed by atoms with E-state index in [1.54, 1.807) is 6.07 Å². The van der Waals surface area contributed by atoms with E-state index in [9.17, 15) is 4.39 Å². The van der Waals surface area contributed by atoms with Crippen LogP contribution in [0.1, 0.15) is 36.6 Å². The molecule has 4 nitrogen and oxygen atoms in total. The second-order valence-electron chi connectivity index (χ2n) is 7.12. The first-order valence-corrected chi connectivity index (χ1v) is 10.4. The second-order valence-corrected chi connectivity index (χ2v) is 10.7. The van der Waals surface area contributed by atoms with Crippen LogP contribution < -0.4 is 9.47 Å². The number of aryl methyl sites for hydroxylation is 1. The van der Waals surface area contributed by atoms with Crippen molar-refractivity contribution < 1.29 is 13.9 Å². The van der Waals surface area contributed by atoms with Crippen LogP contribution >= 0.6 is 58.4 Å². The smallest absolute Gasteiger partial charge is 0.325 e. The van der Waals surface area contributed by atoms with Crippen molar-refractivity contribution in [2.45, 2.75) is 36.2 Å². The molecule has 2 aliphatic heterocycles. The molecule has 2 aromatic rings. The fourth-order valence-electron chi connectivity index (χ4n) is 3.84. The van der Waals surface area contributed by atoms with Crippen molar-refractivity contribution in [3.05, 3.63) is 39.0 Å². The third-order valence-corrected chi connectivity index (χ3v) is 6.51. The molecule has 10 heteroatoms. The van der Waals surface area contributed by atoms with Gasteiger partial charge in [0, 0.05) is 28.0 Å². The fourth-order valence-corrected chi connectivity index (χ4v) is 5.37. The third kappa shape index (κ3) is 3.38. The highest BCUT2D eigenvalue weighted by molar-refractivity contribution is 8.01. The maximum atomic E-state index is 13.8. The summed E-state index contributed by atoms with van der Waals surface area (Å²) in [6.07, 6.45) is 0. The van der Waals surface area contributed by atoms with Crippen molar-refractivity contribution in [1.29, 1.82) is 0 Å². The zero-order chi connectivity index (χ0) is 19.7. The van der Waals surface area contributed by atoms with Gasteiger partial charge in [-0.25, -0.2) is 0 Å². The standard InChI is InChI=1S/C17H15Cl4FN2O2S/c1-7-12-13-9-4-8(18)5-11(19)14(9)25-6-10(13)16(2,3)26-15(12)24(23-7)27-17(20,21)22/h4-5,10,13H,6H2,1-3H3. The highest BCUT2D eigenvalue weighted by Gasteiger charge is 2.51. The Morgan fingerprint density at radius 3 is 2.70 bits per heavy atom. The third-order valence-electron chi connectivity index (χ3n) is 4.97. The molecule has 146 valence electrons. The number of ether oxygens (including phenoxy) is 2. The van der Waals surface area contributed by atoms with Gasteiger partial charge in [-0.1, -0.05) is 46.4 Å². The van der Waals surface area contributed by atoms with E-state index in [2.05, 4.69) is 5.10 Å². The molecule has 1 aromatic carbocycles. The summed E-state index contributed by atoms with van der Waals surface area (Å²) in [7, 11) is 0. The molecule has 4 rings (SSSR count). The van der Waals surface area contributed by atoms with Gasteiger partial charge in [-0.15, -0.1) is 0 Å². The highest BCUT2D eigenvalue weighted by atomic mass is 35.5. The minimum atomic E-state index is -2.54. The first kappa shape index (κ1) is 19.8. The van der Waals surface area contributed by atoms with Gasteiger partial charge < -0.3 is 9.47 Å². The normalized spacial score (nSPS) is 23.0. The van der Waals surface area contributed by atoms with E-state index in [0.717, 1.165) is 11.1 Å². The van der Waals surface area contributed by atoms with Crippen LogP contribution in [0.15, 0.2) is 12.1 Å². The summed E-state index contributed by atoms with van der Waals surface area (Å²) in [4.78, 5) is 0. The molecule has 0 fully saturated rings. The van der Waals surface area contributed by atoms with Gasteiger partial charge in [0.25, 0.3) is 0 Å². The molecule has 0 radical (unpaired) electrons. The minimum absolute atomic E-state index is 0.0180. The van der Waals surface area contributed by atoms with Gasteiger partial charge in [-0.2, -0.15) is 13.6 Å². The summed E-state index contributed by atoms with van der Waals surface area (Å²) in [6.45, 7) is 6.16. The van der Waals surface area contributed by atoms with Crippen molar-refractivity contribution in [3.8, 4) is 11.6 Å². The zero-order valence-electron chi connectivity index (χ0n) is 14.5. The number of halogens is 5. The van der Waals surface area contributed by atoms with Crippen molar-refractivity contribution in [1.82, 2.24) is 9.19 Å². The Labute approximate surface area is 180 Å². The predicted molar refractivity (Wildman–Crippen MR) is 107 cm³/mol. The van der Waals surface area contributed by atoms with Crippen molar-refractivity contribution in [2.75, 3.05) is 6.61 Å². The Balaban J connectivity index is 1.94. The Kier molecular flexibility index (Phi) is 4.75. The lowest BCUT2D eigenvalue weighted by molar-refractivity contribution is -0.0176. The molecule has 0 N–H and O–H groups in total. The molecule has 2 atom stereocenters. The molecule has 1 aromatic heterocycles. The molecule has 3 heterocycles. The maximum Gasteiger partial charge on any atom is 0.325 e. The van der Waals surface area contributed by atoms with E-state index >= 15 is 0 Å². The molecule has 0 amide bonds. The topological polar surface area (TPSA) is 36.3 Å². The second kappa shape index (κ2) is 6.49. The molecule has 0 spiro atoms. The molecular weight excluding hydrogens is 457 g/mol. The van der Waals surface area contributed by atoms with Crippen LogP contribution in [0.25, 0.3) is 0 Å². The first-order chi connectivity index (χ1) is 12.5. The van der Waals surface area contributed by atoms with Gasteiger partial charge in [0.05, 0.1) is 29.3 Å². The quantitative estimate of drug-likeness (QED) is 0.477. The fraction of sp³-hybridized carbons (Fsp3) is 0.471. The molecule has 0 aliphatic carbocycles. The predicted octanol–water partition coefficient (Wildman–Crippen LogP) is 6.36. The summed E-state index contributed by atoms with van der Waals surface area (Å²) < 4.78 is 24.8. The molecule has 2 aliphatic rings. The van der Waals surface area contributed by atoms with Crippen molar-refractivity contribution in [3.63, 3.8) is 0 Å². The van der Waals surface area contributed by atoms with E-state index < -0.39 is 9.52 Å². The number of benzene rings is 1. The van der Waals surface area contributed by atoms with Gasteiger partial charge >= 0.3 is 3.92 Å². The van der Waals surface area contributed by atoms with Gasteiger partial charge in [0.2, 0.25) is 5.88 Å². The SMILES string of the molecule is Cc1nn(SC(F)(Cl)Cl)c2c1C1c3cc(Cl)cc(Cl)c3OCC1C(C)(C)O2. The molecular formula is C17H15Cl4FN2O2S. The summed E-state index contributed by atoms with van der Waals surface area (Å²) in [5.41, 5.74) is 1.75. The maximum absolute atomic E-state index is 13.8. The molecule has 0 saturated carbocycles. The highest BCUT2D eigenvalue weighted by Crippen LogP contribution is 2.56. The van der Waals surface area contributed by atoms with Crippen molar-refractivity contribution >= 4 is 58.4 Å². The van der Waals surface area contributed by atoms with Gasteiger partial charge in [0.1, 0.15) is 11.4 Å². The van der Waals surface area contributed by atoms with Crippen molar-refractivity contribution in [2.24, 2.45) is 5.92 Å². The van der Waals surface area contributed by atoms with Crippen LogP contribution in [-0.2, 0) is 0 Å². The van der Waals surface area contributed by atoms with E-state index in [1.165, 1.54) is 4.09 Å². The zero-order valence-corrected chi connectivity index (χ0v) is 18.4. The summed E-state index contributed by atoms with van der Waals surface area (Å²) in [6, 6.07) is 3.50. The molecule has 27 heavy (non-hydrogen) atoms. The van der Waals surface area contributed by atoms with E-state index in [-0.39, 0.29) is 11.8 Å². The molecule has 2 unspecified atom stereocenters. The number of nitrogens with zero attached hydrogens (tertiary/aromatic N) is 2. The van der Waals surface area contributed by atoms with Gasteiger partial charge in [0.15, 0.2) is 0 Å². The van der Waals surface area contributed by atoms with Crippen LogP contribution in [0.5, 0.6) is 11.6 Å². The van der Waals surface area contributed by atoms with Gasteiger partial charge in [-0.05, 0) is 32.9 Å². The largest absolute Gasteiger partial charge is 0.491 e. The number of hydrogen-bond acceptors (Lipinski definition) is 4. The number of rotatable bonds is 2.